The van der Waals surface area contributed by atoms with Gasteiger partial charge < -0.3 is 9.80 Å². The molecule has 0 aromatic rings. The lowest BCUT2D eigenvalue weighted by Gasteiger charge is -2.21. The van der Waals surface area contributed by atoms with Gasteiger partial charge in [0.15, 0.2) is 0 Å². The molecule has 0 aromatic heterocycles. The molecule has 2 unspecified atom stereocenters. The van der Waals surface area contributed by atoms with Gasteiger partial charge in [-0.15, -0.1) is 0 Å². The van der Waals surface area contributed by atoms with Gasteiger partial charge in [0, 0.05) is 37.7 Å². The summed E-state index contributed by atoms with van der Waals surface area (Å²) < 4.78 is 0. The lowest BCUT2D eigenvalue weighted by Crippen LogP contribution is -2.33. The molecule has 2 atom stereocenters. The summed E-state index contributed by atoms with van der Waals surface area (Å²) in [6.07, 6.45) is 2.77. The molecule has 0 radical (unpaired) electrons. The van der Waals surface area contributed by atoms with E-state index in [0.717, 1.165) is 0 Å². The van der Waals surface area contributed by atoms with Crippen molar-refractivity contribution in [1.29, 1.82) is 0 Å². The quantitative estimate of drug-likeness (QED) is 0.656. The first-order valence-electron chi connectivity index (χ1n) is 6.55. The zero-order chi connectivity index (χ0) is 11.1. The molecule has 2 bridgehead atoms. The number of hydrogen-bond donors (Lipinski definition) is 0. The molecule has 2 fully saturated rings. The van der Waals surface area contributed by atoms with Gasteiger partial charge in [-0.25, -0.2) is 0 Å². The first kappa shape index (κ1) is 13.1. The predicted molar refractivity (Wildman–Crippen MR) is 76.8 cm³/mol. The molecule has 2 saturated heterocycles. The average molecular weight is 260 g/mol. The fraction of sp³-hybridized carbons (Fsp3) is 1.00. The van der Waals surface area contributed by atoms with Gasteiger partial charge in [-0.05, 0) is 37.4 Å². The van der Waals surface area contributed by atoms with Crippen LogP contribution < -0.4 is 0 Å². The number of nitrogens with zero attached hydrogens (tertiary/aromatic N) is 2. The Morgan fingerprint density at radius 3 is 1.62 bits per heavy atom. The molecule has 2 aliphatic heterocycles. The van der Waals surface area contributed by atoms with Crippen LogP contribution in [0, 0.1) is 0 Å². The Kier molecular flexibility index (Phi) is 6.41. The number of fused-ring (bicyclic) bond motifs is 3. The second-order valence-corrected chi connectivity index (χ2v) is 7.06. The highest BCUT2D eigenvalue weighted by molar-refractivity contribution is 8.00. The van der Waals surface area contributed by atoms with Gasteiger partial charge in [0.1, 0.15) is 0 Å². The summed E-state index contributed by atoms with van der Waals surface area (Å²) in [7, 11) is 0. The minimum Gasteiger partial charge on any atom is -0.301 e. The molecule has 2 nitrogen and oxygen atoms in total. The largest absolute Gasteiger partial charge is 0.301 e. The van der Waals surface area contributed by atoms with E-state index < -0.39 is 0 Å². The van der Waals surface area contributed by atoms with Gasteiger partial charge >= 0.3 is 0 Å². The summed E-state index contributed by atoms with van der Waals surface area (Å²) in [4.78, 5) is 5.33. The van der Waals surface area contributed by atoms with Crippen LogP contribution in [-0.4, -0.2) is 72.1 Å². The van der Waals surface area contributed by atoms with Crippen LogP contribution in [0.3, 0.4) is 0 Å². The fourth-order valence-corrected chi connectivity index (χ4v) is 4.39. The third kappa shape index (κ3) is 4.86. The first-order chi connectivity index (χ1) is 7.95. The van der Waals surface area contributed by atoms with Crippen molar-refractivity contribution in [3.63, 3.8) is 0 Å². The summed E-state index contributed by atoms with van der Waals surface area (Å²) in [5.41, 5.74) is 0. The number of hydrogen-bond acceptors (Lipinski definition) is 4. The summed E-state index contributed by atoms with van der Waals surface area (Å²) in [5.74, 6) is 5.41. The Labute approximate surface area is 109 Å². The smallest absolute Gasteiger partial charge is 0.0110 e. The second kappa shape index (κ2) is 7.85. The van der Waals surface area contributed by atoms with Crippen molar-refractivity contribution in [3.05, 3.63) is 0 Å². The van der Waals surface area contributed by atoms with Gasteiger partial charge in [0.25, 0.3) is 0 Å². The average Bonchev–Trinajstić information content (AvgIpc) is 2.51. The Hall–Kier alpha value is 0.620. The molecule has 4 heteroatoms. The molecule has 2 heterocycles. The van der Waals surface area contributed by atoms with E-state index in [1.54, 1.807) is 0 Å². The topological polar surface area (TPSA) is 6.48 Å². The molecule has 0 spiro atoms. The van der Waals surface area contributed by atoms with Gasteiger partial charge in [-0.2, -0.15) is 23.5 Å². The minimum absolute atomic E-state index is 1.30. The van der Waals surface area contributed by atoms with Crippen LogP contribution in [0.2, 0.25) is 0 Å². The van der Waals surface area contributed by atoms with E-state index in [9.17, 15) is 0 Å². The highest BCUT2D eigenvalue weighted by atomic mass is 32.2. The molecule has 0 aliphatic carbocycles. The zero-order valence-electron chi connectivity index (χ0n) is 10.2. The van der Waals surface area contributed by atoms with E-state index in [4.69, 9.17) is 0 Å². The van der Waals surface area contributed by atoms with Crippen LogP contribution in [0.15, 0.2) is 0 Å². The molecule has 0 amide bonds. The maximum absolute atomic E-state index is 2.66. The third-order valence-corrected chi connectivity index (χ3v) is 5.46. The van der Waals surface area contributed by atoms with Crippen molar-refractivity contribution in [3.8, 4) is 0 Å². The molecule has 16 heavy (non-hydrogen) atoms. The highest BCUT2D eigenvalue weighted by Crippen LogP contribution is 2.12. The molecule has 0 N–H and O–H groups in total. The summed E-state index contributed by atoms with van der Waals surface area (Å²) in [6.45, 7) is 7.86. The maximum Gasteiger partial charge on any atom is 0.0110 e. The van der Waals surface area contributed by atoms with Crippen LogP contribution >= 0.6 is 23.5 Å². The zero-order valence-corrected chi connectivity index (χ0v) is 11.8. The van der Waals surface area contributed by atoms with Crippen LogP contribution in [-0.2, 0) is 0 Å². The van der Waals surface area contributed by atoms with Crippen LogP contribution in [0.5, 0.6) is 0 Å². The lowest BCUT2D eigenvalue weighted by atomic mass is 10.4. The molecular weight excluding hydrogens is 236 g/mol. The monoisotopic (exact) mass is 260 g/mol. The number of thioether (sulfide) groups is 2. The van der Waals surface area contributed by atoms with Gasteiger partial charge in [0.05, 0.1) is 0 Å². The molecule has 0 aromatic carbocycles. The van der Waals surface area contributed by atoms with E-state index in [2.05, 4.69) is 33.3 Å². The Balaban J connectivity index is 1.81. The van der Waals surface area contributed by atoms with E-state index in [0.29, 0.717) is 0 Å². The highest BCUT2D eigenvalue weighted by Gasteiger charge is 2.14. The normalized spacial score (nSPS) is 34.5. The van der Waals surface area contributed by atoms with Gasteiger partial charge in [-0.1, -0.05) is 0 Å². The minimum atomic E-state index is 1.30. The molecule has 2 aliphatic rings. The molecule has 2 rings (SSSR count). The van der Waals surface area contributed by atoms with Crippen molar-refractivity contribution in [2.45, 2.75) is 12.8 Å². The van der Waals surface area contributed by atoms with E-state index in [-0.39, 0.29) is 0 Å². The second-order valence-electron chi connectivity index (χ2n) is 4.62. The molecular formula is C12H24N2S2. The van der Waals surface area contributed by atoms with Gasteiger partial charge in [0.2, 0.25) is 0 Å². The summed E-state index contributed by atoms with van der Waals surface area (Å²) >= 11 is 4.30. The van der Waals surface area contributed by atoms with Crippen molar-refractivity contribution >= 4 is 23.5 Å². The summed E-state index contributed by atoms with van der Waals surface area (Å²) in [6, 6.07) is 0. The number of rotatable bonds is 0. The standard InChI is InChI=1S/C12H24N2S2/c1-3-13-5-6-14(4-1)8-12-16-10-2-9-15-11-7-13/h1-12H2. The Bertz CT molecular complexity index is 172. The molecule has 0 saturated carbocycles. The van der Waals surface area contributed by atoms with Crippen molar-refractivity contribution in [2.75, 3.05) is 62.3 Å². The fourth-order valence-electron chi connectivity index (χ4n) is 2.33. The van der Waals surface area contributed by atoms with Crippen LogP contribution in [0.1, 0.15) is 12.8 Å². The van der Waals surface area contributed by atoms with Gasteiger partial charge in [-0.3, -0.25) is 0 Å². The maximum atomic E-state index is 2.66. The SMILES string of the molecule is C1CSCCN2CCCN(CCSC1)CC2. The molecule has 94 valence electrons. The van der Waals surface area contributed by atoms with Crippen molar-refractivity contribution in [2.24, 2.45) is 0 Å². The lowest BCUT2D eigenvalue weighted by molar-refractivity contribution is 0.274. The first-order valence-corrected chi connectivity index (χ1v) is 8.86. The van der Waals surface area contributed by atoms with Crippen molar-refractivity contribution < 1.29 is 0 Å². The van der Waals surface area contributed by atoms with Crippen molar-refractivity contribution in [1.82, 2.24) is 9.80 Å². The Morgan fingerprint density at radius 2 is 1.06 bits per heavy atom. The van der Waals surface area contributed by atoms with E-state index >= 15 is 0 Å². The third-order valence-electron chi connectivity index (χ3n) is 3.36. The van der Waals surface area contributed by atoms with E-state index in [1.165, 1.54) is 75.1 Å². The predicted octanol–water partition coefficient (Wildman–Crippen LogP) is 1.86. The van der Waals surface area contributed by atoms with Crippen LogP contribution in [0.25, 0.3) is 0 Å². The van der Waals surface area contributed by atoms with Crippen LogP contribution in [0.4, 0.5) is 0 Å². The summed E-state index contributed by atoms with van der Waals surface area (Å²) in [5, 5.41) is 0. The van der Waals surface area contributed by atoms with E-state index in [1.807, 2.05) is 0 Å². The Morgan fingerprint density at radius 1 is 0.500 bits per heavy atom.